The first kappa shape index (κ1) is 11.8. The van der Waals surface area contributed by atoms with Crippen molar-refractivity contribution < 1.29 is 14.6 Å². The Bertz CT molecular complexity index is 431. The molecule has 17 heavy (non-hydrogen) atoms. The number of phenolic OH excluding ortho intramolecular Hbond substituents is 1. The molecule has 0 bridgehead atoms. The molecule has 1 saturated heterocycles. The minimum Gasteiger partial charge on any atom is -0.504 e. The van der Waals surface area contributed by atoms with Crippen LogP contribution in [0.2, 0.25) is 0 Å². The molecule has 1 aromatic rings. The number of phenols is 1. The smallest absolute Gasteiger partial charge is 0.254 e. The number of nitrogens with zero attached hydrogens (tertiary/aromatic N) is 1. The van der Waals surface area contributed by atoms with Crippen LogP contribution in [0.4, 0.5) is 0 Å². The Morgan fingerprint density at radius 2 is 2.29 bits per heavy atom. The number of carbonyl (C=O) groups excluding carboxylic acids is 1. The van der Waals surface area contributed by atoms with Crippen molar-refractivity contribution in [1.29, 1.82) is 0 Å². The lowest BCUT2D eigenvalue weighted by Crippen LogP contribution is -2.33. The number of benzene rings is 1. The van der Waals surface area contributed by atoms with Gasteiger partial charge in [0, 0.05) is 18.2 Å². The molecular weight excluding hydrogens is 218 g/mol. The van der Waals surface area contributed by atoms with Crippen molar-refractivity contribution in [2.75, 3.05) is 13.7 Å². The molecule has 1 atom stereocenters. The summed E-state index contributed by atoms with van der Waals surface area (Å²) in [6.07, 6.45) is 2.11. The van der Waals surface area contributed by atoms with Gasteiger partial charge in [-0.15, -0.1) is 0 Å². The number of methoxy groups -OCH3 is 1. The number of amides is 1. The van der Waals surface area contributed by atoms with Gasteiger partial charge in [-0.05, 0) is 38.0 Å². The van der Waals surface area contributed by atoms with E-state index in [0.717, 1.165) is 19.4 Å². The second-order valence-electron chi connectivity index (χ2n) is 4.38. The SMILES string of the molecule is COc1cc(C(=O)N2CCCC2C)ccc1O. The van der Waals surface area contributed by atoms with Gasteiger partial charge in [0.25, 0.3) is 5.91 Å². The molecule has 1 N–H and O–H groups in total. The van der Waals surface area contributed by atoms with Crippen molar-refractivity contribution in [3.8, 4) is 11.5 Å². The second-order valence-corrected chi connectivity index (χ2v) is 4.38. The van der Waals surface area contributed by atoms with E-state index in [9.17, 15) is 9.90 Å². The van der Waals surface area contributed by atoms with Gasteiger partial charge in [0.05, 0.1) is 7.11 Å². The van der Waals surface area contributed by atoms with E-state index in [2.05, 4.69) is 6.92 Å². The highest BCUT2D eigenvalue weighted by atomic mass is 16.5. The lowest BCUT2D eigenvalue weighted by Gasteiger charge is -2.21. The van der Waals surface area contributed by atoms with Gasteiger partial charge in [0.1, 0.15) is 0 Å². The maximum Gasteiger partial charge on any atom is 0.254 e. The Morgan fingerprint density at radius 3 is 2.88 bits per heavy atom. The summed E-state index contributed by atoms with van der Waals surface area (Å²) in [5, 5.41) is 9.48. The topological polar surface area (TPSA) is 49.8 Å². The first-order valence-corrected chi connectivity index (χ1v) is 5.81. The molecule has 1 aromatic carbocycles. The maximum absolute atomic E-state index is 12.2. The highest BCUT2D eigenvalue weighted by Gasteiger charge is 2.26. The van der Waals surface area contributed by atoms with E-state index in [1.807, 2.05) is 4.90 Å². The Hall–Kier alpha value is -1.71. The van der Waals surface area contributed by atoms with Gasteiger partial charge >= 0.3 is 0 Å². The monoisotopic (exact) mass is 235 g/mol. The van der Waals surface area contributed by atoms with Crippen molar-refractivity contribution in [2.45, 2.75) is 25.8 Å². The molecule has 92 valence electrons. The molecule has 1 aliphatic heterocycles. The molecule has 0 saturated carbocycles. The summed E-state index contributed by atoms with van der Waals surface area (Å²) in [5.74, 6) is 0.398. The van der Waals surface area contributed by atoms with E-state index in [4.69, 9.17) is 4.74 Å². The predicted octanol–water partition coefficient (Wildman–Crippen LogP) is 2.03. The second kappa shape index (κ2) is 4.65. The molecule has 1 amide bonds. The molecule has 0 spiro atoms. The minimum atomic E-state index is 0.00769. The zero-order valence-corrected chi connectivity index (χ0v) is 10.1. The number of rotatable bonds is 2. The van der Waals surface area contributed by atoms with E-state index in [0.29, 0.717) is 17.4 Å². The Morgan fingerprint density at radius 1 is 1.53 bits per heavy atom. The fourth-order valence-electron chi connectivity index (χ4n) is 2.21. The third kappa shape index (κ3) is 2.20. The number of hydrogen-bond acceptors (Lipinski definition) is 3. The highest BCUT2D eigenvalue weighted by Crippen LogP contribution is 2.28. The molecule has 0 aromatic heterocycles. The van der Waals surface area contributed by atoms with Crippen molar-refractivity contribution in [1.82, 2.24) is 4.90 Å². The van der Waals surface area contributed by atoms with Gasteiger partial charge < -0.3 is 14.7 Å². The normalized spacial score (nSPS) is 19.4. The first-order chi connectivity index (χ1) is 8.13. The van der Waals surface area contributed by atoms with E-state index in [1.54, 1.807) is 12.1 Å². The zero-order valence-electron chi connectivity index (χ0n) is 10.1. The molecule has 1 unspecified atom stereocenters. The fraction of sp³-hybridized carbons (Fsp3) is 0.462. The molecular formula is C13H17NO3. The summed E-state index contributed by atoms with van der Waals surface area (Å²) in [6, 6.07) is 5.00. The van der Waals surface area contributed by atoms with E-state index >= 15 is 0 Å². The molecule has 1 heterocycles. The van der Waals surface area contributed by atoms with Gasteiger partial charge in [0.15, 0.2) is 11.5 Å². The fourth-order valence-corrected chi connectivity index (χ4v) is 2.21. The van der Waals surface area contributed by atoms with Crippen LogP contribution in [-0.2, 0) is 0 Å². The molecule has 1 fully saturated rings. The van der Waals surface area contributed by atoms with Crippen LogP contribution in [-0.4, -0.2) is 35.6 Å². The first-order valence-electron chi connectivity index (χ1n) is 5.81. The molecule has 4 heteroatoms. The van der Waals surface area contributed by atoms with Crippen molar-refractivity contribution in [2.24, 2.45) is 0 Å². The van der Waals surface area contributed by atoms with Crippen LogP contribution in [0.25, 0.3) is 0 Å². The third-order valence-electron chi connectivity index (χ3n) is 3.24. The van der Waals surface area contributed by atoms with Crippen LogP contribution in [0.3, 0.4) is 0 Å². The van der Waals surface area contributed by atoms with E-state index < -0.39 is 0 Å². The van der Waals surface area contributed by atoms with Crippen LogP contribution in [0, 0.1) is 0 Å². The Balaban J connectivity index is 2.24. The standard InChI is InChI=1S/C13H17NO3/c1-9-4-3-7-14(9)13(16)10-5-6-11(15)12(8-10)17-2/h5-6,8-9,15H,3-4,7H2,1-2H3. The number of likely N-dealkylation sites (tertiary alicyclic amines) is 1. The largest absolute Gasteiger partial charge is 0.504 e. The molecule has 2 rings (SSSR count). The number of hydrogen-bond donors (Lipinski definition) is 1. The van der Waals surface area contributed by atoms with Crippen LogP contribution in [0.5, 0.6) is 11.5 Å². The van der Waals surface area contributed by atoms with Crippen LogP contribution < -0.4 is 4.74 Å². The van der Waals surface area contributed by atoms with Gasteiger partial charge in [0.2, 0.25) is 0 Å². The minimum absolute atomic E-state index is 0.00769. The predicted molar refractivity (Wildman–Crippen MR) is 64.4 cm³/mol. The maximum atomic E-state index is 12.2. The summed E-state index contributed by atoms with van der Waals surface area (Å²) >= 11 is 0. The summed E-state index contributed by atoms with van der Waals surface area (Å²) in [4.78, 5) is 14.1. The van der Waals surface area contributed by atoms with Crippen molar-refractivity contribution >= 4 is 5.91 Å². The molecule has 4 nitrogen and oxygen atoms in total. The van der Waals surface area contributed by atoms with Crippen molar-refractivity contribution in [3.63, 3.8) is 0 Å². The lowest BCUT2D eigenvalue weighted by atomic mass is 10.1. The third-order valence-corrected chi connectivity index (χ3v) is 3.24. The molecule has 1 aliphatic rings. The number of ether oxygens (including phenoxy) is 1. The summed E-state index contributed by atoms with van der Waals surface area (Å²) in [6.45, 7) is 2.87. The van der Waals surface area contributed by atoms with Gasteiger partial charge in [-0.3, -0.25) is 4.79 Å². The molecule has 0 radical (unpaired) electrons. The lowest BCUT2D eigenvalue weighted by molar-refractivity contribution is 0.0747. The van der Waals surface area contributed by atoms with Crippen LogP contribution in [0.1, 0.15) is 30.1 Å². The average Bonchev–Trinajstić information content (AvgIpc) is 2.75. The van der Waals surface area contributed by atoms with E-state index in [1.165, 1.54) is 13.2 Å². The number of aromatic hydroxyl groups is 1. The Labute approximate surface area is 101 Å². The highest BCUT2D eigenvalue weighted by molar-refractivity contribution is 5.95. The van der Waals surface area contributed by atoms with Crippen LogP contribution >= 0.6 is 0 Å². The Kier molecular flexibility index (Phi) is 3.22. The summed E-state index contributed by atoms with van der Waals surface area (Å²) < 4.78 is 5.00. The number of carbonyl (C=O) groups is 1. The summed E-state index contributed by atoms with van der Waals surface area (Å²) in [7, 11) is 1.47. The average molecular weight is 235 g/mol. The van der Waals surface area contributed by atoms with Gasteiger partial charge in [-0.1, -0.05) is 0 Å². The van der Waals surface area contributed by atoms with Crippen LogP contribution in [0.15, 0.2) is 18.2 Å². The zero-order chi connectivity index (χ0) is 12.4. The quantitative estimate of drug-likeness (QED) is 0.853. The van der Waals surface area contributed by atoms with E-state index in [-0.39, 0.29) is 11.7 Å². The molecule has 0 aliphatic carbocycles. The summed E-state index contributed by atoms with van der Waals surface area (Å²) in [5.41, 5.74) is 0.563. The van der Waals surface area contributed by atoms with Crippen molar-refractivity contribution in [3.05, 3.63) is 23.8 Å². The van der Waals surface area contributed by atoms with Gasteiger partial charge in [-0.2, -0.15) is 0 Å². The van der Waals surface area contributed by atoms with Gasteiger partial charge in [-0.25, -0.2) is 0 Å².